The quantitative estimate of drug-likeness (QED) is 0.733. The highest BCUT2D eigenvalue weighted by Crippen LogP contribution is 2.32. The summed E-state index contributed by atoms with van der Waals surface area (Å²) in [5.41, 5.74) is 2.69. The number of aryl methyl sites for hydroxylation is 1. The van der Waals surface area contributed by atoms with Crippen molar-refractivity contribution in [2.75, 3.05) is 10.7 Å². The first-order chi connectivity index (χ1) is 8.70. The number of benzene rings is 1. The minimum atomic E-state index is 0.0737. The summed E-state index contributed by atoms with van der Waals surface area (Å²) in [6.07, 6.45) is 5.01. The van der Waals surface area contributed by atoms with Crippen LogP contribution in [0.3, 0.4) is 0 Å². The lowest BCUT2D eigenvalue weighted by Crippen LogP contribution is -2.32. The average molecular weight is 372 g/mol. The lowest BCUT2D eigenvalue weighted by molar-refractivity contribution is 0.551. The van der Waals surface area contributed by atoms with Gasteiger partial charge in [0.15, 0.2) is 0 Å². The Kier molecular flexibility index (Phi) is 4.62. The van der Waals surface area contributed by atoms with Gasteiger partial charge in [-0.2, -0.15) is 5.10 Å². The number of rotatable bonds is 5. The van der Waals surface area contributed by atoms with Crippen LogP contribution < -0.4 is 0 Å². The van der Waals surface area contributed by atoms with Gasteiger partial charge in [0, 0.05) is 29.3 Å². The number of hydrogen-bond donors (Lipinski definition) is 0. The smallest absolute Gasteiger partial charge is 0.0521 e. The van der Waals surface area contributed by atoms with Crippen molar-refractivity contribution in [2.24, 2.45) is 7.05 Å². The molecule has 0 fully saturated rings. The Morgan fingerprint density at radius 1 is 1.17 bits per heavy atom. The molecule has 0 saturated heterocycles. The van der Waals surface area contributed by atoms with Crippen LogP contribution in [0.4, 0.5) is 0 Å². The molecular weight excluding hydrogens is 356 g/mol. The van der Waals surface area contributed by atoms with Gasteiger partial charge in [-0.15, -0.1) is 0 Å². The van der Waals surface area contributed by atoms with E-state index < -0.39 is 0 Å². The van der Waals surface area contributed by atoms with Crippen molar-refractivity contribution in [1.82, 2.24) is 9.78 Å². The van der Waals surface area contributed by atoms with E-state index >= 15 is 0 Å². The molecule has 0 unspecified atom stereocenters. The molecule has 0 radical (unpaired) electrons. The highest BCUT2D eigenvalue weighted by molar-refractivity contribution is 9.09. The van der Waals surface area contributed by atoms with Gasteiger partial charge in [0.25, 0.3) is 0 Å². The summed E-state index contributed by atoms with van der Waals surface area (Å²) in [6.45, 7) is 0. The van der Waals surface area contributed by atoms with Crippen LogP contribution in [0.25, 0.3) is 0 Å². The molecule has 1 aromatic heterocycles. The topological polar surface area (TPSA) is 17.8 Å². The van der Waals surface area contributed by atoms with E-state index in [1.54, 1.807) is 0 Å². The van der Waals surface area contributed by atoms with Gasteiger partial charge >= 0.3 is 0 Å². The fraction of sp³-hybridized carbons (Fsp3) is 0.357. The molecule has 2 rings (SSSR count). The zero-order chi connectivity index (χ0) is 13.0. The highest BCUT2D eigenvalue weighted by Gasteiger charge is 2.30. The molecule has 96 valence electrons. The molecule has 18 heavy (non-hydrogen) atoms. The van der Waals surface area contributed by atoms with Gasteiger partial charge < -0.3 is 0 Å². The summed E-state index contributed by atoms with van der Waals surface area (Å²) in [6, 6.07) is 10.6. The number of nitrogens with zero attached hydrogens (tertiary/aromatic N) is 2. The third kappa shape index (κ3) is 2.86. The monoisotopic (exact) mass is 370 g/mol. The average Bonchev–Trinajstić information content (AvgIpc) is 2.82. The summed E-state index contributed by atoms with van der Waals surface area (Å²) in [5.74, 6) is 0. The van der Waals surface area contributed by atoms with Gasteiger partial charge in [0.05, 0.1) is 6.20 Å². The van der Waals surface area contributed by atoms with E-state index in [4.69, 9.17) is 0 Å². The Balaban J connectivity index is 2.32. The molecule has 0 N–H and O–H groups in total. The zero-order valence-electron chi connectivity index (χ0n) is 10.3. The van der Waals surface area contributed by atoms with E-state index in [0.717, 1.165) is 17.1 Å². The first-order valence-corrected chi connectivity index (χ1v) is 8.09. The molecular formula is C14H16Br2N2. The van der Waals surface area contributed by atoms with E-state index in [-0.39, 0.29) is 5.41 Å². The second-order valence-electron chi connectivity index (χ2n) is 4.61. The number of aromatic nitrogens is 2. The van der Waals surface area contributed by atoms with Crippen LogP contribution in [0.1, 0.15) is 11.1 Å². The largest absolute Gasteiger partial charge is 0.276 e. The maximum Gasteiger partial charge on any atom is 0.0521 e. The van der Waals surface area contributed by atoms with Gasteiger partial charge in [-0.3, -0.25) is 4.68 Å². The molecule has 0 atom stereocenters. The van der Waals surface area contributed by atoms with E-state index in [9.17, 15) is 0 Å². The Morgan fingerprint density at radius 3 is 2.33 bits per heavy atom. The predicted molar refractivity (Wildman–Crippen MR) is 82.6 cm³/mol. The van der Waals surface area contributed by atoms with Crippen LogP contribution in [0, 0.1) is 0 Å². The molecule has 4 heteroatoms. The van der Waals surface area contributed by atoms with Crippen molar-refractivity contribution in [3.05, 3.63) is 53.9 Å². The number of hydrogen-bond acceptors (Lipinski definition) is 1. The van der Waals surface area contributed by atoms with Crippen LogP contribution in [0.5, 0.6) is 0 Å². The third-order valence-electron chi connectivity index (χ3n) is 3.20. The SMILES string of the molecule is Cn1cc(CC(CBr)(CBr)c2ccccc2)cn1. The van der Waals surface area contributed by atoms with E-state index in [1.165, 1.54) is 11.1 Å². The second kappa shape index (κ2) is 6.02. The summed E-state index contributed by atoms with van der Waals surface area (Å²) in [4.78, 5) is 0. The molecule has 0 aliphatic carbocycles. The highest BCUT2D eigenvalue weighted by atomic mass is 79.9. The van der Waals surface area contributed by atoms with Crippen molar-refractivity contribution >= 4 is 31.9 Å². The van der Waals surface area contributed by atoms with Crippen molar-refractivity contribution in [3.63, 3.8) is 0 Å². The van der Waals surface area contributed by atoms with Gasteiger partial charge in [-0.1, -0.05) is 62.2 Å². The molecule has 0 saturated carbocycles. The van der Waals surface area contributed by atoms with Gasteiger partial charge in [0.1, 0.15) is 0 Å². The molecule has 0 aliphatic heterocycles. The van der Waals surface area contributed by atoms with Crippen LogP contribution in [-0.2, 0) is 18.9 Å². The Morgan fingerprint density at radius 2 is 1.83 bits per heavy atom. The first kappa shape index (κ1) is 13.8. The lowest BCUT2D eigenvalue weighted by atomic mass is 9.80. The fourth-order valence-electron chi connectivity index (χ4n) is 2.13. The third-order valence-corrected chi connectivity index (χ3v) is 5.35. The van der Waals surface area contributed by atoms with Gasteiger partial charge in [-0.25, -0.2) is 0 Å². The maximum atomic E-state index is 4.25. The minimum Gasteiger partial charge on any atom is -0.276 e. The lowest BCUT2D eigenvalue weighted by Gasteiger charge is -2.30. The summed E-state index contributed by atoms with van der Waals surface area (Å²) >= 11 is 7.35. The van der Waals surface area contributed by atoms with Crippen molar-refractivity contribution in [3.8, 4) is 0 Å². The molecule has 1 aromatic carbocycles. The Bertz CT molecular complexity index is 490. The standard InChI is InChI=1S/C14H16Br2N2/c1-18-9-12(8-17-18)7-14(10-15,11-16)13-5-3-2-4-6-13/h2-6,8-9H,7,10-11H2,1H3. The molecule has 0 aliphatic rings. The summed E-state index contributed by atoms with van der Waals surface area (Å²) < 4.78 is 1.85. The van der Waals surface area contributed by atoms with Crippen molar-refractivity contribution in [2.45, 2.75) is 11.8 Å². The summed E-state index contributed by atoms with van der Waals surface area (Å²) in [7, 11) is 1.95. The van der Waals surface area contributed by atoms with Crippen molar-refractivity contribution in [1.29, 1.82) is 0 Å². The minimum absolute atomic E-state index is 0.0737. The van der Waals surface area contributed by atoms with Gasteiger partial charge in [0.2, 0.25) is 0 Å². The molecule has 2 nitrogen and oxygen atoms in total. The second-order valence-corrected chi connectivity index (χ2v) is 5.73. The van der Waals surface area contributed by atoms with Crippen LogP contribution >= 0.6 is 31.9 Å². The Labute approximate surface area is 125 Å². The Hall–Kier alpha value is -0.610. The number of halogens is 2. The fourth-order valence-corrected chi connectivity index (χ4v) is 4.10. The van der Waals surface area contributed by atoms with E-state index in [1.807, 2.05) is 17.9 Å². The van der Waals surface area contributed by atoms with Crippen LogP contribution in [-0.4, -0.2) is 20.4 Å². The zero-order valence-corrected chi connectivity index (χ0v) is 13.5. The molecule has 0 spiro atoms. The van der Waals surface area contributed by atoms with E-state index in [0.29, 0.717) is 0 Å². The van der Waals surface area contributed by atoms with E-state index in [2.05, 4.69) is 73.5 Å². The van der Waals surface area contributed by atoms with Crippen LogP contribution in [0.2, 0.25) is 0 Å². The molecule has 0 amide bonds. The maximum absolute atomic E-state index is 4.25. The number of alkyl halides is 2. The van der Waals surface area contributed by atoms with Crippen LogP contribution in [0.15, 0.2) is 42.7 Å². The molecule has 1 heterocycles. The van der Waals surface area contributed by atoms with Crippen molar-refractivity contribution < 1.29 is 0 Å². The van der Waals surface area contributed by atoms with Gasteiger partial charge in [-0.05, 0) is 17.5 Å². The molecule has 0 bridgehead atoms. The first-order valence-electron chi connectivity index (χ1n) is 5.85. The predicted octanol–water partition coefficient (Wildman–Crippen LogP) is 3.69. The molecule has 2 aromatic rings. The normalized spacial score (nSPS) is 11.7. The summed E-state index contributed by atoms with van der Waals surface area (Å²) in [5, 5.41) is 6.09.